The largest absolute Gasteiger partial charge is 0.457 e. The molecular formula is C28H19F4N5O3. The lowest BCUT2D eigenvalue weighted by Gasteiger charge is -2.22. The van der Waals surface area contributed by atoms with Crippen LogP contribution in [0.4, 0.5) is 39.7 Å². The lowest BCUT2D eigenvalue weighted by atomic mass is 10.1. The first kappa shape index (κ1) is 26.2. The molecule has 4 N–H and O–H groups in total. The van der Waals surface area contributed by atoms with Gasteiger partial charge in [-0.2, -0.15) is 13.2 Å². The molecule has 0 unspecified atom stereocenters. The van der Waals surface area contributed by atoms with E-state index >= 15 is 0 Å². The Bertz CT molecular complexity index is 1700. The fourth-order valence-electron chi connectivity index (χ4n) is 3.93. The third-order valence-electron chi connectivity index (χ3n) is 5.79. The predicted molar refractivity (Wildman–Crippen MR) is 140 cm³/mol. The molecule has 0 aliphatic heterocycles. The van der Waals surface area contributed by atoms with Crippen molar-refractivity contribution in [3.05, 3.63) is 108 Å². The Balaban J connectivity index is 1.34. The van der Waals surface area contributed by atoms with Crippen LogP contribution in [0.2, 0.25) is 0 Å². The third kappa shape index (κ3) is 5.55. The van der Waals surface area contributed by atoms with Crippen molar-refractivity contribution in [2.75, 3.05) is 10.2 Å². The van der Waals surface area contributed by atoms with Crippen LogP contribution >= 0.6 is 0 Å². The SMILES string of the molecule is NC(=O)N(c1ccc(Oc2ccc3nc(NC(=O)c4ccccc4)[nH]c3c2)cc1)c1cc(C(F)(F)F)ccc1F. The summed E-state index contributed by atoms with van der Waals surface area (Å²) in [7, 11) is 0. The van der Waals surface area contributed by atoms with Gasteiger partial charge in [0, 0.05) is 11.6 Å². The number of urea groups is 1. The van der Waals surface area contributed by atoms with Crippen molar-refractivity contribution in [1.82, 2.24) is 9.97 Å². The molecule has 4 aromatic carbocycles. The highest BCUT2D eigenvalue weighted by Gasteiger charge is 2.32. The average Bonchev–Trinajstić information content (AvgIpc) is 3.32. The Morgan fingerprint density at radius 3 is 2.27 bits per heavy atom. The first-order valence-electron chi connectivity index (χ1n) is 11.7. The highest BCUT2D eigenvalue weighted by molar-refractivity contribution is 6.04. The highest BCUT2D eigenvalue weighted by Crippen LogP contribution is 2.36. The van der Waals surface area contributed by atoms with Gasteiger partial charge in [-0.25, -0.2) is 14.2 Å². The van der Waals surface area contributed by atoms with Crippen molar-refractivity contribution in [1.29, 1.82) is 0 Å². The van der Waals surface area contributed by atoms with Gasteiger partial charge in [0.2, 0.25) is 5.95 Å². The first-order chi connectivity index (χ1) is 19.1. The minimum atomic E-state index is -4.74. The second-order valence-electron chi connectivity index (χ2n) is 8.52. The van der Waals surface area contributed by atoms with Gasteiger partial charge in [-0.1, -0.05) is 18.2 Å². The summed E-state index contributed by atoms with van der Waals surface area (Å²) in [5, 5.41) is 2.69. The molecule has 0 saturated carbocycles. The Hall–Kier alpha value is -5.39. The van der Waals surface area contributed by atoms with Crippen molar-refractivity contribution < 1.29 is 31.9 Å². The van der Waals surface area contributed by atoms with E-state index in [0.717, 1.165) is 0 Å². The zero-order chi connectivity index (χ0) is 28.4. The minimum Gasteiger partial charge on any atom is -0.457 e. The monoisotopic (exact) mass is 549 g/mol. The van der Waals surface area contributed by atoms with Crippen molar-refractivity contribution in [2.45, 2.75) is 6.18 Å². The summed E-state index contributed by atoms with van der Waals surface area (Å²) in [4.78, 5) is 32.5. The van der Waals surface area contributed by atoms with Gasteiger partial charge in [-0.05, 0) is 66.7 Å². The number of carbonyl (C=O) groups is 2. The maximum Gasteiger partial charge on any atom is 0.416 e. The van der Waals surface area contributed by atoms with Gasteiger partial charge in [-0.3, -0.25) is 15.0 Å². The molecule has 12 heteroatoms. The highest BCUT2D eigenvalue weighted by atomic mass is 19.4. The molecule has 5 aromatic rings. The number of H-pyrrole nitrogens is 1. The van der Waals surface area contributed by atoms with E-state index in [1.807, 2.05) is 0 Å². The van der Waals surface area contributed by atoms with E-state index in [2.05, 4.69) is 15.3 Å². The number of nitrogens with two attached hydrogens (primary N) is 1. The quantitative estimate of drug-likeness (QED) is 0.198. The summed E-state index contributed by atoms with van der Waals surface area (Å²) >= 11 is 0. The molecule has 0 saturated heterocycles. The molecule has 8 nitrogen and oxygen atoms in total. The van der Waals surface area contributed by atoms with Gasteiger partial charge in [0.1, 0.15) is 17.3 Å². The number of imidazole rings is 1. The third-order valence-corrected chi connectivity index (χ3v) is 5.79. The van der Waals surface area contributed by atoms with Gasteiger partial charge < -0.3 is 15.5 Å². The molecule has 0 aliphatic carbocycles. The fourth-order valence-corrected chi connectivity index (χ4v) is 3.93. The molecule has 3 amide bonds. The predicted octanol–water partition coefficient (Wildman–Crippen LogP) is 6.98. The number of hydrogen-bond acceptors (Lipinski definition) is 4. The van der Waals surface area contributed by atoms with Crippen LogP contribution in [0.1, 0.15) is 15.9 Å². The number of rotatable bonds is 6. The Kier molecular flexibility index (Phi) is 6.82. The number of ether oxygens (including phenoxy) is 1. The topological polar surface area (TPSA) is 113 Å². The number of amides is 3. The van der Waals surface area contributed by atoms with Gasteiger partial charge in [-0.15, -0.1) is 0 Å². The normalized spacial score (nSPS) is 11.3. The summed E-state index contributed by atoms with van der Waals surface area (Å²) in [6, 6.07) is 19.8. The molecule has 0 atom stereocenters. The molecule has 202 valence electrons. The summed E-state index contributed by atoms with van der Waals surface area (Å²) in [6.45, 7) is 0. The molecule has 1 aromatic heterocycles. The molecule has 0 radical (unpaired) electrons. The number of aromatic nitrogens is 2. The molecule has 1 heterocycles. The van der Waals surface area contributed by atoms with Gasteiger partial charge in [0.05, 0.1) is 28.0 Å². The van der Waals surface area contributed by atoms with Gasteiger partial charge >= 0.3 is 12.2 Å². The fraction of sp³-hybridized carbons (Fsp3) is 0.0357. The number of anilines is 3. The standard InChI is InChI=1S/C28H19F4N5O3/c29-21-12-6-17(28(30,31)32)14-24(21)37(26(33)39)18-7-9-19(10-8-18)40-20-11-13-22-23(15-20)35-27(34-22)36-25(38)16-4-2-1-3-5-16/h1-15H,(H2,33,39)(H2,34,35,36,38). The minimum absolute atomic E-state index is 0.0286. The number of halogens is 4. The summed E-state index contributed by atoms with van der Waals surface area (Å²) in [5.41, 5.74) is 5.26. The molecule has 40 heavy (non-hydrogen) atoms. The second-order valence-corrected chi connectivity index (χ2v) is 8.52. The summed E-state index contributed by atoms with van der Waals surface area (Å²) in [6.07, 6.45) is -4.74. The van der Waals surface area contributed by atoms with Crippen LogP contribution in [0.5, 0.6) is 11.5 Å². The Labute approximate surface area is 224 Å². The lowest BCUT2D eigenvalue weighted by Crippen LogP contribution is -2.32. The Morgan fingerprint density at radius 2 is 1.60 bits per heavy atom. The summed E-state index contributed by atoms with van der Waals surface area (Å²) < 4.78 is 59.7. The van der Waals surface area contributed by atoms with Crippen LogP contribution in [0.15, 0.2) is 91.0 Å². The van der Waals surface area contributed by atoms with Crippen LogP contribution in [0, 0.1) is 5.82 Å². The van der Waals surface area contributed by atoms with Crippen LogP contribution in [0.25, 0.3) is 11.0 Å². The van der Waals surface area contributed by atoms with E-state index in [1.54, 1.807) is 48.5 Å². The van der Waals surface area contributed by atoms with E-state index < -0.39 is 29.3 Å². The maximum absolute atomic E-state index is 14.4. The number of fused-ring (bicyclic) bond motifs is 1. The maximum atomic E-state index is 14.4. The van der Waals surface area contributed by atoms with E-state index in [0.29, 0.717) is 51.2 Å². The Morgan fingerprint density at radius 1 is 0.900 bits per heavy atom. The zero-order valence-electron chi connectivity index (χ0n) is 20.4. The van der Waals surface area contributed by atoms with Crippen molar-refractivity contribution in [3.8, 4) is 11.5 Å². The number of primary amides is 1. The molecule has 0 spiro atoms. The number of aromatic amines is 1. The number of nitrogens with one attached hydrogen (secondary N) is 2. The zero-order valence-corrected chi connectivity index (χ0v) is 20.4. The molecule has 5 rings (SSSR count). The summed E-state index contributed by atoms with van der Waals surface area (Å²) in [5.74, 6) is -0.418. The van der Waals surface area contributed by atoms with Crippen molar-refractivity contribution >= 4 is 40.3 Å². The smallest absolute Gasteiger partial charge is 0.416 e. The number of benzene rings is 4. The van der Waals surface area contributed by atoms with Crippen LogP contribution < -0.4 is 20.7 Å². The van der Waals surface area contributed by atoms with Gasteiger partial charge in [0.25, 0.3) is 5.91 Å². The van der Waals surface area contributed by atoms with Crippen LogP contribution in [0.3, 0.4) is 0 Å². The number of hydrogen-bond donors (Lipinski definition) is 3. The molecular weight excluding hydrogens is 530 g/mol. The molecule has 0 fully saturated rings. The number of carbonyl (C=O) groups excluding carboxylic acids is 2. The lowest BCUT2D eigenvalue weighted by molar-refractivity contribution is -0.137. The van der Waals surface area contributed by atoms with E-state index in [9.17, 15) is 27.2 Å². The van der Waals surface area contributed by atoms with Crippen LogP contribution in [-0.4, -0.2) is 21.9 Å². The van der Waals surface area contributed by atoms with Crippen molar-refractivity contribution in [2.24, 2.45) is 5.73 Å². The second kappa shape index (κ2) is 10.4. The van der Waals surface area contributed by atoms with E-state index in [1.165, 1.54) is 24.3 Å². The van der Waals surface area contributed by atoms with Crippen molar-refractivity contribution in [3.63, 3.8) is 0 Å². The van der Waals surface area contributed by atoms with E-state index in [-0.39, 0.29) is 17.5 Å². The van der Waals surface area contributed by atoms with Crippen LogP contribution in [-0.2, 0) is 6.18 Å². The number of alkyl halides is 3. The molecule has 0 aliphatic rings. The number of nitrogens with zero attached hydrogens (tertiary/aromatic N) is 2. The molecule has 0 bridgehead atoms. The first-order valence-corrected chi connectivity index (χ1v) is 11.7. The van der Waals surface area contributed by atoms with Gasteiger partial charge in [0.15, 0.2) is 0 Å². The van der Waals surface area contributed by atoms with E-state index in [4.69, 9.17) is 10.5 Å². The average molecular weight is 549 g/mol.